The van der Waals surface area contributed by atoms with Crippen molar-refractivity contribution in [2.24, 2.45) is 0 Å². The lowest BCUT2D eigenvalue weighted by atomic mass is 9.95. The number of hydrogen-bond acceptors (Lipinski definition) is 5. The number of carbonyl (C=O) groups is 2. The van der Waals surface area contributed by atoms with Gasteiger partial charge in [0.25, 0.3) is 0 Å². The maximum atomic E-state index is 11.8. The summed E-state index contributed by atoms with van der Waals surface area (Å²) in [6, 6.07) is 45.1. The Morgan fingerprint density at radius 2 is 0.915 bits per heavy atom. The van der Waals surface area contributed by atoms with Crippen molar-refractivity contribution in [3.63, 3.8) is 0 Å². The van der Waals surface area contributed by atoms with Crippen LogP contribution in [0.25, 0.3) is 11.6 Å². The Bertz CT molecular complexity index is 1730. The van der Waals surface area contributed by atoms with Crippen LogP contribution < -0.4 is 4.90 Å². The molecule has 0 bridgehead atoms. The van der Waals surface area contributed by atoms with E-state index in [9.17, 15) is 9.59 Å². The van der Waals surface area contributed by atoms with E-state index in [0.29, 0.717) is 0 Å². The van der Waals surface area contributed by atoms with Crippen molar-refractivity contribution in [2.45, 2.75) is 26.1 Å². The zero-order valence-corrected chi connectivity index (χ0v) is 26.6. The number of anilines is 3. The zero-order chi connectivity index (χ0) is 33.2. The molecule has 0 aliphatic rings. The zero-order valence-electron chi connectivity index (χ0n) is 26.6. The highest BCUT2D eigenvalue weighted by Gasteiger charge is 2.17. The third-order valence-electron chi connectivity index (χ3n) is 7.79. The molecule has 47 heavy (non-hydrogen) atoms. The molecule has 0 aromatic heterocycles. The maximum absolute atomic E-state index is 11.8. The van der Waals surface area contributed by atoms with Crippen LogP contribution in [0.5, 0.6) is 0 Å². The van der Waals surface area contributed by atoms with Crippen molar-refractivity contribution in [2.75, 3.05) is 4.90 Å². The number of hydrogen-bond donors (Lipinski definition) is 0. The summed E-state index contributed by atoms with van der Waals surface area (Å²) in [5.41, 5.74) is 9.04. The molecular weight excluding hydrogens is 582 g/mol. The normalized spacial score (nSPS) is 11.8. The van der Waals surface area contributed by atoms with Gasteiger partial charge in [-0.25, -0.2) is 9.59 Å². The second kappa shape index (κ2) is 15.4. The number of rotatable bonds is 12. The lowest BCUT2D eigenvalue weighted by Crippen LogP contribution is -2.11. The molecule has 0 saturated heterocycles. The number of nitrogens with zero attached hydrogens (tertiary/aromatic N) is 1. The lowest BCUT2D eigenvalue weighted by Gasteiger charge is -2.26. The SMILES string of the molecule is C=CC(=O)OC(C)c1ccc(N(c2ccc(C=C(c3ccccc3)c3ccccc3)cc2)c2ccc(C(C)OC(=O)C=C)cc2)cc1. The van der Waals surface area contributed by atoms with E-state index in [4.69, 9.17) is 9.47 Å². The van der Waals surface area contributed by atoms with Crippen LogP contribution in [0.4, 0.5) is 17.1 Å². The molecule has 2 unspecified atom stereocenters. The van der Waals surface area contributed by atoms with Crippen molar-refractivity contribution >= 4 is 40.6 Å². The van der Waals surface area contributed by atoms with Crippen molar-refractivity contribution in [3.05, 3.63) is 187 Å². The van der Waals surface area contributed by atoms with Crippen molar-refractivity contribution in [1.29, 1.82) is 0 Å². The van der Waals surface area contributed by atoms with Crippen molar-refractivity contribution in [1.82, 2.24) is 0 Å². The lowest BCUT2D eigenvalue weighted by molar-refractivity contribution is -0.143. The first-order valence-corrected chi connectivity index (χ1v) is 15.4. The second-order valence-corrected chi connectivity index (χ2v) is 11.0. The van der Waals surface area contributed by atoms with Gasteiger partial charge in [-0.2, -0.15) is 0 Å². The van der Waals surface area contributed by atoms with Crippen LogP contribution in [-0.4, -0.2) is 11.9 Å². The summed E-state index contributed by atoms with van der Waals surface area (Å²) in [7, 11) is 0. The van der Waals surface area contributed by atoms with Crippen LogP contribution in [-0.2, 0) is 19.1 Å². The first kappa shape index (κ1) is 32.5. The van der Waals surface area contributed by atoms with Crippen molar-refractivity contribution in [3.8, 4) is 0 Å². The topological polar surface area (TPSA) is 55.8 Å². The molecule has 0 radical (unpaired) electrons. The molecule has 5 heteroatoms. The summed E-state index contributed by atoms with van der Waals surface area (Å²) in [4.78, 5) is 25.7. The van der Waals surface area contributed by atoms with Gasteiger partial charge in [-0.1, -0.05) is 110 Å². The Morgan fingerprint density at radius 1 is 0.553 bits per heavy atom. The number of benzene rings is 5. The predicted octanol–water partition coefficient (Wildman–Crippen LogP) is 10.3. The summed E-state index contributed by atoms with van der Waals surface area (Å²) < 4.78 is 10.8. The highest BCUT2D eigenvalue weighted by Crippen LogP contribution is 2.37. The van der Waals surface area contributed by atoms with Crippen molar-refractivity contribution < 1.29 is 19.1 Å². The quantitative estimate of drug-likeness (QED) is 0.0790. The molecule has 234 valence electrons. The Hall–Kier alpha value is -5.94. The van der Waals surface area contributed by atoms with E-state index >= 15 is 0 Å². The van der Waals surface area contributed by atoms with E-state index in [-0.39, 0.29) is 0 Å². The molecule has 0 fully saturated rings. The second-order valence-electron chi connectivity index (χ2n) is 11.0. The highest BCUT2D eigenvalue weighted by molar-refractivity contribution is 5.91. The van der Waals surface area contributed by atoms with Crippen LogP contribution >= 0.6 is 0 Å². The van der Waals surface area contributed by atoms with Gasteiger partial charge in [0.05, 0.1) is 0 Å². The van der Waals surface area contributed by atoms with Gasteiger partial charge in [-0.05, 0) is 89.7 Å². The molecule has 0 aliphatic carbocycles. The summed E-state index contributed by atoms with van der Waals surface area (Å²) in [5, 5.41) is 0. The first-order valence-electron chi connectivity index (χ1n) is 15.4. The van der Waals surface area contributed by atoms with E-state index < -0.39 is 24.1 Å². The van der Waals surface area contributed by atoms with Gasteiger partial charge in [0, 0.05) is 29.2 Å². The van der Waals surface area contributed by atoms with Gasteiger partial charge < -0.3 is 14.4 Å². The molecule has 2 atom stereocenters. The largest absolute Gasteiger partial charge is 0.455 e. The van der Waals surface area contributed by atoms with E-state index in [2.05, 4.69) is 96.9 Å². The molecule has 5 aromatic carbocycles. The molecule has 0 N–H and O–H groups in total. The fourth-order valence-electron chi connectivity index (χ4n) is 5.27. The van der Waals surface area contributed by atoms with Gasteiger partial charge in [-0.3, -0.25) is 0 Å². The van der Waals surface area contributed by atoms with Gasteiger partial charge in [-0.15, -0.1) is 0 Å². The minimum atomic E-state index is -0.465. The Balaban J connectivity index is 1.51. The Kier molecular flexibility index (Phi) is 10.6. The fraction of sp³-hybridized carbons (Fsp3) is 0.0952. The average molecular weight is 620 g/mol. The molecule has 5 nitrogen and oxygen atoms in total. The fourth-order valence-corrected chi connectivity index (χ4v) is 5.27. The number of ether oxygens (including phenoxy) is 2. The van der Waals surface area contributed by atoms with E-state index in [1.165, 1.54) is 0 Å². The van der Waals surface area contributed by atoms with Crippen LogP contribution in [0.3, 0.4) is 0 Å². The molecule has 0 spiro atoms. The van der Waals surface area contributed by atoms with Crippen LogP contribution in [0, 0.1) is 0 Å². The smallest absolute Gasteiger partial charge is 0.330 e. The maximum Gasteiger partial charge on any atom is 0.330 e. The third-order valence-corrected chi connectivity index (χ3v) is 7.79. The van der Waals surface area contributed by atoms with Gasteiger partial charge in [0.2, 0.25) is 0 Å². The molecule has 5 rings (SSSR count). The Morgan fingerprint density at radius 3 is 1.28 bits per heavy atom. The van der Waals surface area contributed by atoms with E-state index in [1.807, 2.05) is 74.5 Å². The minimum absolute atomic E-state index is 0.420. The first-order chi connectivity index (χ1) is 22.9. The monoisotopic (exact) mass is 619 g/mol. The summed E-state index contributed by atoms with van der Waals surface area (Å²) in [6.07, 6.45) is 3.70. The predicted molar refractivity (Wildman–Crippen MR) is 190 cm³/mol. The van der Waals surface area contributed by atoms with Gasteiger partial charge >= 0.3 is 11.9 Å². The highest BCUT2D eigenvalue weighted by atomic mass is 16.5. The van der Waals surface area contributed by atoms with Crippen LogP contribution in [0.2, 0.25) is 0 Å². The van der Waals surface area contributed by atoms with Crippen LogP contribution in [0.15, 0.2) is 159 Å². The molecule has 5 aromatic rings. The summed E-state index contributed by atoms with van der Waals surface area (Å²) in [6.45, 7) is 10.6. The third kappa shape index (κ3) is 8.21. The molecule has 0 aliphatic heterocycles. The number of carbonyl (C=O) groups excluding carboxylic acids is 2. The standard InChI is InChI=1S/C42H37NO4/c1-5-41(44)46-30(3)33-19-25-38(26-20-33)43(39-27-21-34(22-28-39)31(4)47-42(45)6-2)37-23-17-32(18-24-37)29-40(35-13-9-7-10-14-35)36-15-11-8-12-16-36/h5-31H,1-2H2,3-4H3. The minimum Gasteiger partial charge on any atom is -0.455 e. The van der Waals surface area contributed by atoms with Gasteiger partial charge in [0.1, 0.15) is 12.2 Å². The average Bonchev–Trinajstić information content (AvgIpc) is 3.12. The molecular formula is C42H37NO4. The summed E-state index contributed by atoms with van der Waals surface area (Å²) in [5.74, 6) is -0.929. The summed E-state index contributed by atoms with van der Waals surface area (Å²) >= 11 is 0. The molecule has 0 amide bonds. The Labute approximate surface area is 276 Å². The van der Waals surface area contributed by atoms with E-state index in [0.717, 1.165) is 62.6 Å². The molecule has 0 saturated carbocycles. The number of esters is 2. The van der Waals surface area contributed by atoms with Crippen LogP contribution in [0.1, 0.15) is 53.9 Å². The molecule has 0 heterocycles. The van der Waals surface area contributed by atoms with E-state index in [1.54, 1.807) is 0 Å². The van der Waals surface area contributed by atoms with Gasteiger partial charge in [0.15, 0.2) is 0 Å².